The van der Waals surface area contributed by atoms with E-state index in [9.17, 15) is 36.5 Å². The van der Waals surface area contributed by atoms with E-state index < -0.39 is 40.5 Å². The molecule has 1 aromatic rings. The van der Waals surface area contributed by atoms with Gasteiger partial charge in [0, 0.05) is 10.5 Å². The van der Waals surface area contributed by atoms with E-state index in [1.165, 1.54) is 0 Å². The maximum atomic E-state index is 12.3. The molecule has 0 bridgehead atoms. The minimum Gasteiger partial charge on any atom is -0.264 e. The number of halogens is 6. The number of alkyl halides is 6. The molecule has 0 aliphatic carbocycles. The topological polar surface area (TPSA) is 43.1 Å². The van der Waals surface area contributed by atoms with Crippen molar-refractivity contribution in [3.05, 3.63) is 45.0 Å². The number of rotatable bonds is 2. The molecular weight excluding hydrogens is 268 g/mol. The first-order chi connectivity index (χ1) is 8.00. The molecule has 0 saturated carbocycles. The third kappa shape index (κ3) is 3.60. The Morgan fingerprint density at radius 3 is 1.61 bits per heavy atom. The molecule has 18 heavy (non-hydrogen) atoms. The van der Waals surface area contributed by atoms with Gasteiger partial charge in [0.2, 0.25) is 6.54 Å². The molecule has 0 aliphatic heterocycles. The first-order valence-electron chi connectivity index (χ1n) is 4.40. The molecule has 0 aliphatic rings. The number of hydrogen-bond donors (Lipinski definition) is 0. The number of hydrogen-bond acceptors (Lipinski definition) is 2. The van der Waals surface area contributed by atoms with Crippen molar-refractivity contribution < 1.29 is 31.3 Å². The Balaban J connectivity index is 3.34. The summed E-state index contributed by atoms with van der Waals surface area (Å²) in [5, 5.41) is 10.1. The van der Waals surface area contributed by atoms with Gasteiger partial charge in [-0.2, -0.15) is 26.3 Å². The second-order valence-electron chi connectivity index (χ2n) is 3.40. The van der Waals surface area contributed by atoms with Gasteiger partial charge in [-0.15, -0.1) is 0 Å². The molecule has 0 spiro atoms. The van der Waals surface area contributed by atoms with E-state index in [0.717, 1.165) is 0 Å². The lowest BCUT2D eigenvalue weighted by molar-refractivity contribution is -0.496. The van der Waals surface area contributed by atoms with Crippen molar-refractivity contribution in [3.8, 4) is 0 Å². The van der Waals surface area contributed by atoms with Crippen LogP contribution in [0.15, 0.2) is 18.2 Å². The third-order valence-corrected chi connectivity index (χ3v) is 1.96. The highest BCUT2D eigenvalue weighted by atomic mass is 19.4. The fourth-order valence-electron chi connectivity index (χ4n) is 1.26. The number of benzene rings is 1. The molecule has 1 rings (SSSR count). The lowest BCUT2D eigenvalue weighted by Gasteiger charge is -2.12. The van der Waals surface area contributed by atoms with E-state index in [4.69, 9.17) is 0 Å². The SMILES string of the molecule is O=[N+]([O-])Cc1cc(C(F)(F)F)cc(C(F)(F)F)c1. The van der Waals surface area contributed by atoms with Crippen molar-refractivity contribution in [2.45, 2.75) is 18.9 Å². The Hall–Kier alpha value is -1.80. The van der Waals surface area contributed by atoms with Gasteiger partial charge in [-0.3, -0.25) is 10.1 Å². The standard InChI is InChI=1S/C9H5F6NO2/c10-8(11,12)6-1-5(4-16(17)18)2-7(3-6)9(13,14)15/h1-3H,4H2. The van der Waals surface area contributed by atoms with Gasteiger partial charge in [0.1, 0.15) is 0 Å². The van der Waals surface area contributed by atoms with Gasteiger partial charge in [-0.25, -0.2) is 0 Å². The van der Waals surface area contributed by atoms with Crippen LogP contribution in [0.25, 0.3) is 0 Å². The summed E-state index contributed by atoms with van der Waals surface area (Å²) in [7, 11) is 0. The molecule has 0 fully saturated rings. The maximum Gasteiger partial charge on any atom is 0.416 e. The third-order valence-electron chi connectivity index (χ3n) is 1.96. The van der Waals surface area contributed by atoms with Crippen LogP contribution in [-0.4, -0.2) is 4.92 Å². The van der Waals surface area contributed by atoms with Gasteiger partial charge in [0.05, 0.1) is 11.1 Å². The molecule has 0 unspecified atom stereocenters. The van der Waals surface area contributed by atoms with Crippen molar-refractivity contribution in [2.75, 3.05) is 0 Å². The van der Waals surface area contributed by atoms with E-state index >= 15 is 0 Å². The summed E-state index contributed by atoms with van der Waals surface area (Å²) in [4.78, 5) is 9.13. The quantitative estimate of drug-likeness (QED) is 0.470. The van der Waals surface area contributed by atoms with Gasteiger partial charge in [-0.05, 0) is 18.2 Å². The van der Waals surface area contributed by atoms with Gasteiger partial charge in [-0.1, -0.05) is 0 Å². The zero-order valence-electron chi connectivity index (χ0n) is 8.47. The van der Waals surface area contributed by atoms with Crippen molar-refractivity contribution in [1.82, 2.24) is 0 Å². The normalized spacial score (nSPS) is 12.6. The van der Waals surface area contributed by atoms with Gasteiger partial charge in [0.15, 0.2) is 0 Å². The summed E-state index contributed by atoms with van der Waals surface area (Å²) in [5.74, 6) is 0. The second kappa shape index (κ2) is 4.46. The van der Waals surface area contributed by atoms with Crippen LogP contribution >= 0.6 is 0 Å². The summed E-state index contributed by atoms with van der Waals surface area (Å²) >= 11 is 0. The predicted molar refractivity (Wildman–Crippen MR) is 47.1 cm³/mol. The number of nitrogens with zero attached hydrogens (tertiary/aromatic N) is 1. The van der Waals surface area contributed by atoms with Crippen LogP contribution < -0.4 is 0 Å². The minimum absolute atomic E-state index is 0.0799. The van der Waals surface area contributed by atoms with E-state index in [0.29, 0.717) is 12.1 Å². The average Bonchev–Trinajstić information content (AvgIpc) is 2.13. The molecule has 0 heterocycles. The molecule has 0 aromatic heterocycles. The highest BCUT2D eigenvalue weighted by molar-refractivity contribution is 5.33. The van der Waals surface area contributed by atoms with Crippen molar-refractivity contribution in [3.63, 3.8) is 0 Å². The van der Waals surface area contributed by atoms with Gasteiger partial charge in [0.25, 0.3) is 0 Å². The Morgan fingerprint density at radius 2 is 1.33 bits per heavy atom. The van der Waals surface area contributed by atoms with Crippen molar-refractivity contribution in [1.29, 1.82) is 0 Å². The fraction of sp³-hybridized carbons (Fsp3) is 0.333. The average molecular weight is 273 g/mol. The van der Waals surface area contributed by atoms with Crippen molar-refractivity contribution >= 4 is 0 Å². The van der Waals surface area contributed by atoms with Crippen LogP contribution in [-0.2, 0) is 18.9 Å². The summed E-state index contributed by atoms with van der Waals surface area (Å²) in [5.41, 5.74) is -3.77. The lowest BCUT2D eigenvalue weighted by atomic mass is 10.0. The Bertz CT molecular complexity index is 433. The van der Waals surface area contributed by atoms with Gasteiger partial charge < -0.3 is 0 Å². The molecule has 0 amide bonds. The molecule has 9 heteroatoms. The molecule has 0 atom stereocenters. The second-order valence-corrected chi connectivity index (χ2v) is 3.40. The summed E-state index contributed by atoms with van der Waals surface area (Å²) in [6, 6.07) is 0.583. The number of nitro groups is 1. The summed E-state index contributed by atoms with van der Waals surface area (Å²) in [6.45, 7) is -1.10. The first-order valence-corrected chi connectivity index (χ1v) is 4.40. The minimum atomic E-state index is -4.99. The molecule has 1 aromatic carbocycles. The van der Waals surface area contributed by atoms with Crippen LogP contribution in [0.3, 0.4) is 0 Å². The zero-order chi connectivity index (χ0) is 14.1. The molecule has 0 radical (unpaired) electrons. The highest BCUT2D eigenvalue weighted by Gasteiger charge is 2.37. The Labute approximate surface area is 96.2 Å². The summed E-state index contributed by atoms with van der Waals surface area (Å²) in [6.07, 6.45) is -9.99. The predicted octanol–water partition coefficient (Wildman–Crippen LogP) is 3.50. The zero-order valence-corrected chi connectivity index (χ0v) is 8.47. The van der Waals surface area contributed by atoms with E-state index in [1.54, 1.807) is 0 Å². The molecule has 0 saturated heterocycles. The van der Waals surface area contributed by atoms with E-state index in [1.807, 2.05) is 0 Å². The Kier molecular flexibility index (Phi) is 3.54. The monoisotopic (exact) mass is 273 g/mol. The largest absolute Gasteiger partial charge is 0.416 e. The van der Waals surface area contributed by atoms with Gasteiger partial charge >= 0.3 is 12.4 Å². The van der Waals surface area contributed by atoms with Crippen LogP contribution in [0.5, 0.6) is 0 Å². The lowest BCUT2D eigenvalue weighted by Crippen LogP contribution is -2.12. The van der Waals surface area contributed by atoms with Crippen LogP contribution in [0.4, 0.5) is 26.3 Å². The van der Waals surface area contributed by atoms with Crippen LogP contribution in [0.1, 0.15) is 16.7 Å². The fourth-order valence-corrected chi connectivity index (χ4v) is 1.26. The maximum absolute atomic E-state index is 12.3. The molecule has 100 valence electrons. The van der Waals surface area contributed by atoms with Crippen LogP contribution in [0, 0.1) is 10.1 Å². The molecular formula is C9H5F6NO2. The van der Waals surface area contributed by atoms with E-state index in [-0.39, 0.29) is 6.07 Å². The van der Waals surface area contributed by atoms with E-state index in [2.05, 4.69) is 0 Å². The van der Waals surface area contributed by atoms with Crippen molar-refractivity contribution in [2.24, 2.45) is 0 Å². The van der Waals surface area contributed by atoms with Crippen LogP contribution in [0.2, 0.25) is 0 Å². The summed E-state index contributed by atoms with van der Waals surface area (Å²) < 4.78 is 74.0. The highest BCUT2D eigenvalue weighted by Crippen LogP contribution is 2.36. The smallest absolute Gasteiger partial charge is 0.264 e. The first kappa shape index (κ1) is 14.3. The Morgan fingerprint density at radius 1 is 0.944 bits per heavy atom. The molecule has 0 N–H and O–H groups in total. The molecule has 3 nitrogen and oxygen atoms in total.